The number of benzene rings is 1. The van der Waals surface area contributed by atoms with Gasteiger partial charge < -0.3 is 9.64 Å². The Bertz CT molecular complexity index is 1320. The van der Waals surface area contributed by atoms with Crippen molar-refractivity contribution >= 4 is 11.4 Å². The summed E-state index contributed by atoms with van der Waals surface area (Å²) < 4.78 is 43.1. The van der Waals surface area contributed by atoms with E-state index in [4.69, 9.17) is 0 Å². The Kier molecular flexibility index (Phi) is 4.76. The largest absolute Gasteiger partial charge is 0.573 e. The van der Waals surface area contributed by atoms with E-state index in [0.29, 0.717) is 35.5 Å². The van der Waals surface area contributed by atoms with Crippen LogP contribution in [-0.4, -0.2) is 43.5 Å². The third-order valence-electron chi connectivity index (χ3n) is 5.20. The highest BCUT2D eigenvalue weighted by atomic mass is 19.4. The summed E-state index contributed by atoms with van der Waals surface area (Å²) in [5.74, 6) is -0.528. The van der Waals surface area contributed by atoms with Gasteiger partial charge in [0.15, 0.2) is 0 Å². The Hall–Kier alpha value is -3.95. The molecule has 4 aromatic rings. The first kappa shape index (κ1) is 20.0. The van der Waals surface area contributed by atoms with Crippen LogP contribution in [0.4, 0.5) is 13.2 Å². The molecule has 1 aliphatic rings. The zero-order chi connectivity index (χ0) is 22.3. The molecule has 1 amide bonds. The first-order valence-electron chi connectivity index (χ1n) is 9.81. The molecule has 1 aliphatic heterocycles. The topological polar surface area (TPSA) is 72.6 Å². The van der Waals surface area contributed by atoms with E-state index in [-0.39, 0.29) is 18.2 Å². The molecule has 0 fully saturated rings. The van der Waals surface area contributed by atoms with Crippen LogP contribution in [0.2, 0.25) is 0 Å². The van der Waals surface area contributed by atoms with Gasteiger partial charge in [-0.25, -0.2) is 4.52 Å². The molecule has 0 saturated heterocycles. The minimum Gasteiger partial charge on any atom is -0.406 e. The van der Waals surface area contributed by atoms with E-state index in [0.717, 1.165) is 11.2 Å². The highest BCUT2D eigenvalue weighted by Gasteiger charge is 2.31. The number of amides is 1. The predicted octanol–water partition coefficient (Wildman–Crippen LogP) is 3.89. The van der Waals surface area contributed by atoms with E-state index in [1.807, 2.05) is 18.2 Å². The van der Waals surface area contributed by atoms with E-state index in [1.165, 1.54) is 18.2 Å². The molecule has 3 aromatic heterocycles. The fourth-order valence-corrected chi connectivity index (χ4v) is 3.80. The van der Waals surface area contributed by atoms with E-state index in [9.17, 15) is 18.0 Å². The third-order valence-corrected chi connectivity index (χ3v) is 5.20. The van der Waals surface area contributed by atoms with Gasteiger partial charge in [0.1, 0.15) is 5.75 Å². The van der Waals surface area contributed by atoms with E-state index in [1.54, 1.807) is 33.8 Å². The van der Waals surface area contributed by atoms with Crippen LogP contribution in [-0.2, 0) is 13.0 Å². The first-order chi connectivity index (χ1) is 15.4. The zero-order valence-electron chi connectivity index (χ0n) is 16.6. The van der Waals surface area contributed by atoms with E-state index in [2.05, 4.69) is 20.0 Å². The van der Waals surface area contributed by atoms with Crippen molar-refractivity contribution in [3.63, 3.8) is 0 Å². The molecule has 0 bridgehead atoms. The molecule has 0 aliphatic carbocycles. The number of pyridine rings is 2. The van der Waals surface area contributed by atoms with Crippen molar-refractivity contribution in [3.05, 3.63) is 77.6 Å². The van der Waals surface area contributed by atoms with Crippen LogP contribution in [0.3, 0.4) is 0 Å². The van der Waals surface area contributed by atoms with Gasteiger partial charge in [-0.05, 0) is 42.0 Å². The molecule has 0 unspecified atom stereocenters. The van der Waals surface area contributed by atoms with Gasteiger partial charge in [0.2, 0.25) is 0 Å². The standard InChI is InChI=1S/C22H16F3N5O2/c23-22(24,25)32-16-5-1-3-14(11-16)13-29-10-9-18-17(21(29)31)7-8-19(27-18)20-6-2-4-15-12-26-28-30(15)20/h1-8,11-12H,9-10,13H2. The molecule has 0 spiro atoms. The summed E-state index contributed by atoms with van der Waals surface area (Å²) in [6.07, 6.45) is -2.59. The van der Waals surface area contributed by atoms with Crippen molar-refractivity contribution in [1.82, 2.24) is 24.7 Å². The Morgan fingerprint density at radius 2 is 1.91 bits per heavy atom. The Morgan fingerprint density at radius 3 is 2.75 bits per heavy atom. The van der Waals surface area contributed by atoms with Gasteiger partial charge in [-0.2, -0.15) is 0 Å². The van der Waals surface area contributed by atoms with Gasteiger partial charge in [-0.15, -0.1) is 18.3 Å². The quantitative estimate of drug-likeness (QED) is 0.483. The maximum absolute atomic E-state index is 13.0. The highest BCUT2D eigenvalue weighted by molar-refractivity contribution is 5.96. The van der Waals surface area contributed by atoms with Crippen LogP contribution in [0.5, 0.6) is 5.75 Å². The lowest BCUT2D eigenvalue weighted by Gasteiger charge is -2.28. The van der Waals surface area contributed by atoms with Crippen LogP contribution < -0.4 is 4.74 Å². The molecule has 5 rings (SSSR count). The fraction of sp³-hybridized carbons (Fsp3) is 0.182. The number of ether oxygens (including phenoxy) is 1. The second-order valence-corrected chi connectivity index (χ2v) is 7.34. The number of halogens is 3. The third kappa shape index (κ3) is 3.86. The van der Waals surface area contributed by atoms with Crippen molar-refractivity contribution in [3.8, 4) is 17.1 Å². The summed E-state index contributed by atoms with van der Waals surface area (Å²) in [5.41, 5.74) is 3.98. The molecule has 0 radical (unpaired) electrons. The zero-order valence-corrected chi connectivity index (χ0v) is 16.6. The Morgan fingerprint density at radius 1 is 1.06 bits per heavy atom. The van der Waals surface area contributed by atoms with Gasteiger partial charge in [0.25, 0.3) is 5.91 Å². The Balaban J connectivity index is 1.38. The van der Waals surface area contributed by atoms with Crippen molar-refractivity contribution in [2.24, 2.45) is 0 Å². The van der Waals surface area contributed by atoms with Crippen LogP contribution in [0, 0.1) is 0 Å². The average Bonchev–Trinajstić information content (AvgIpc) is 3.24. The van der Waals surface area contributed by atoms with Gasteiger partial charge in [-0.3, -0.25) is 9.78 Å². The number of carbonyl (C=O) groups excluding carboxylic acids is 1. The smallest absolute Gasteiger partial charge is 0.406 e. The molecule has 7 nitrogen and oxygen atoms in total. The normalized spacial score (nSPS) is 14.0. The van der Waals surface area contributed by atoms with Gasteiger partial charge in [-0.1, -0.05) is 23.4 Å². The first-order valence-corrected chi connectivity index (χ1v) is 9.81. The second-order valence-electron chi connectivity index (χ2n) is 7.34. The van der Waals surface area contributed by atoms with Crippen molar-refractivity contribution in [1.29, 1.82) is 0 Å². The van der Waals surface area contributed by atoms with Crippen molar-refractivity contribution in [2.45, 2.75) is 19.3 Å². The van der Waals surface area contributed by atoms with E-state index >= 15 is 0 Å². The SMILES string of the molecule is O=C1c2ccc(-c3cccc4cnnn34)nc2CCN1Cc1cccc(OC(F)(F)F)c1. The minimum atomic E-state index is -4.77. The second kappa shape index (κ2) is 7.63. The molecular formula is C22H16F3N5O2. The number of carbonyl (C=O) groups is 1. The van der Waals surface area contributed by atoms with Crippen LogP contribution in [0.1, 0.15) is 21.6 Å². The number of fused-ring (bicyclic) bond motifs is 2. The molecule has 1 aromatic carbocycles. The summed E-state index contributed by atoms with van der Waals surface area (Å²) in [6.45, 7) is 0.577. The number of nitrogens with zero attached hydrogens (tertiary/aromatic N) is 5. The number of hydrogen-bond acceptors (Lipinski definition) is 5. The maximum Gasteiger partial charge on any atom is 0.573 e. The highest BCUT2D eigenvalue weighted by Crippen LogP contribution is 2.27. The summed E-state index contributed by atoms with van der Waals surface area (Å²) in [6, 6.07) is 14.8. The monoisotopic (exact) mass is 439 g/mol. The average molecular weight is 439 g/mol. The molecule has 4 heterocycles. The summed E-state index contributed by atoms with van der Waals surface area (Å²) in [4.78, 5) is 19.3. The molecule has 32 heavy (non-hydrogen) atoms. The lowest BCUT2D eigenvalue weighted by molar-refractivity contribution is -0.274. The predicted molar refractivity (Wildman–Crippen MR) is 108 cm³/mol. The molecule has 0 N–H and O–H groups in total. The van der Waals surface area contributed by atoms with Crippen LogP contribution in [0.25, 0.3) is 16.9 Å². The van der Waals surface area contributed by atoms with E-state index < -0.39 is 6.36 Å². The lowest BCUT2D eigenvalue weighted by Crippen LogP contribution is -2.37. The summed E-state index contributed by atoms with van der Waals surface area (Å²) in [5, 5.41) is 8.00. The summed E-state index contributed by atoms with van der Waals surface area (Å²) >= 11 is 0. The van der Waals surface area contributed by atoms with Crippen LogP contribution >= 0.6 is 0 Å². The van der Waals surface area contributed by atoms with Crippen LogP contribution in [0.15, 0.2) is 60.8 Å². The number of aromatic nitrogens is 4. The molecule has 162 valence electrons. The lowest BCUT2D eigenvalue weighted by atomic mass is 10.0. The van der Waals surface area contributed by atoms with Crippen molar-refractivity contribution in [2.75, 3.05) is 6.54 Å². The van der Waals surface area contributed by atoms with Crippen molar-refractivity contribution < 1.29 is 22.7 Å². The minimum absolute atomic E-state index is 0.174. The molecular weight excluding hydrogens is 423 g/mol. The summed E-state index contributed by atoms with van der Waals surface area (Å²) in [7, 11) is 0. The number of alkyl halides is 3. The number of rotatable bonds is 4. The van der Waals surface area contributed by atoms with Gasteiger partial charge in [0, 0.05) is 19.5 Å². The number of hydrogen-bond donors (Lipinski definition) is 0. The molecule has 0 atom stereocenters. The Labute approximate surface area is 180 Å². The fourth-order valence-electron chi connectivity index (χ4n) is 3.80. The maximum atomic E-state index is 13.0. The molecule has 0 saturated carbocycles. The van der Waals surface area contributed by atoms with Gasteiger partial charge in [0.05, 0.1) is 34.4 Å². The van der Waals surface area contributed by atoms with Gasteiger partial charge >= 0.3 is 6.36 Å². The molecule has 10 heteroatoms.